The van der Waals surface area contributed by atoms with Crippen molar-refractivity contribution in [3.05, 3.63) is 41.0 Å². The van der Waals surface area contributed by atoms with Crippen LogP contribution < -0.4 is 11.1 Å². The highest BCUT2D eigenvalue weighted by molar-refractivity contribution is 6.35. The van der Waals surface area contributed by atoms with Crippen molar-refractivity contribution in [2.75, 3.05) is 13.1 Å². The van der Waals surface area contributed by atoms with Crippen LogP contribution in [0.4, 0.5) is 0 Å². The first-order chi connectivity index (χ1) is 10.2. The molecule has 0 fully saturated rings. The molecule has 0 aliphatic heterocycles. The average Bonchev–Trinajstić information content (AvgIpc) is 2.53. The molecule has 1 atom stereocenters. The van der Waals surface area contributed by atoms with Crippen molar-refractivity contribution in [1.29, 1.82) is 0 Å². The Morgan fingerprint density at radius 1 is 1.24 bits per heavy atom. The van der Waals surface area contributed by atoms with Gasteiger partial charge in [0.05, 0.1) is 5.52 Å². The summed E-state index contributed by atoms with van der Waals surface area (Å²) in [5.41, 5.74) is 8.05. The minimum Gasteiger partial charge on any atom is -0.329 e. The summed E-state index contributed by atoms with van der Waals surface area (Å²) < 4.78 is 0. The summed E-state index contributed by atoms with van der Waals surface area (Å²) in [4.78, 5) is 4.50. The number of hydrogen-bond donors (Lipinski definition) is 2. The number of aromatic nitrogens is 1. The zero-order valence-electron chi connectivity index (χ0n) is 12.8. The quantitative estimate of drug-likeness (QED) is 0.815. The van der Waals surface area contributed by atoms with Crippen molar-refractivity contribution in [3.8, 4) is 0 Å². The molecule has 0 saturated heterocycles. The van der Waals surface area contributed by atoms with Crippen LogP contribution >= 0.6 is 11.6 Å². The number of fused-ring (bicyclic) bond motifs is 1. The van der Waals surface area contributed by atoms with Crippen molar-refractivity contribution in [2.24, 2.45) is 11.7 Å². The number of benzene rings is 1. The van der Waals surface area contributed by atoms with E-state index < -0.39 is 0 Å². The molecule has 3 nitrogen and oxygen atoms in total. The highest BCUT2D eigenvalue weighted by Gasteiger charge is 2.16. The molecule has 1 aromatic carbocycles. The van der Waals surface area contributed by atoms with E-state index in [0.717, 1.165) is 28.0 Å². The Hall–Kier alpha value is -1.16. The Bertz CT molecular complexity index is 581. The SMILES string of the molecule is CCC(CC)CNC(CN)c1ccc(Cl)c2cccnc12. The van der Waals surface area contributed by atoms with Crippen LogP contribution in [0.25, 0.3) is 10.9 Å². The maximum Gasteiger partial charge on any atom is 0.0765 e. The number of hydrogen-bond acceptors (Lipinski definition) is 3. The first-order valence-corrected chi connectivity index (χ1v) is 8.05. The van der Waals surface area contributed by atoms with Gasteiger partial charge in [0.25, 0.3) is 0 Å². The van der Waals surface area contributed by atoms with Gasteiger partial charge in [0.15, 0.2) is 0 Å². The number of halogens is 1. The number of rotatable bonds is 7. The standard InChI is InChI=1S/C17H24ClN3/c1-3-12(4-2)11-21-16(10-19)14-7-8-15(18)13-6-5-9-20-17(13)14/h5-9,12,16,21H,3-4,10-11,19H2,1-2H3. The van der Waals surface area contributed by atoms with E-state index in [2.05, 4.69) is 24.1 Å². The zero-order chi connectivity index (χ0) is 15.2. The molecular formula is C17H24ClN3. The first-order valence-electron chi connectivity index (χ1n) is 7.67. The lowest BCUT2D eigenvalue weighted by Gasteiger charge is -2.22. The minimum absolute atomic E-state index is 0.111. The van der Waals surface area contributed by atoms with E-state index in [0.29, 0.717) is 12.5 Å². The van der Waals surface area contributed by atoms with Crippen LogP contribution in [0.15, 0.2) is 30.5 Å². The molecule has 0 amide bonds. The van der Waals surface area contributed by atoms with Crippen LogP contribution in [0.2, 0.25) is 5.02 Å². The molecule has 0 aliphatic carbocycles. The molecule has 0 saturated carbocycles. The van der Waals surface area contributed by atoms with Gasteiger partial charge in [0.2, 0.25) is 0 Å². The van der Waals surface area contributed by atoms with Crippen LogP contribution in [0.3, 0.4) is 0 Å². The number of nitrogens with zero attached hydrogens (tertiary/aromatic N) is 1. The molecule has 0 radical (unpaired) electrons. The van der Waals surface area contributed by atoms with Crippen molar-refractivity contribution < 1.29 is 0 Å². The molecule has 4 heteroatoms. The van der Waals surface area contributed by atoms with E-state index in [9.17, 15) is 0 Å². The molecule has 2 aromatic rings. The molecular weight excluding hydrogens is 282 g/mol. The lowest BCUT2D eigenvalue weighted by atomic mass is 10.00. The van der Waals surface area contributed by atoms with Gasteiger partial charge in [-0.3, -0.25) is 4.98 Å². The van der Waals surface area contributed by atoms with Gasteiger partial charge in [-0.25, -0.2) is 0 Å². The number of nitrogens with two attached hydrogens (primary N) is 1. The molecule has 0 bridgehead atoms. The Morgan fingerprint density at radius 3 is 2.67 bits per heavy atom. The summed E-state index contributed by atoms with van der Waals surface area (Å²) in [5.74, 6) is 0.686. The lowest BCUT2D eigenvalue weighted by Crippen LogP contribution is -2.32. The van der Waals surface area contributed by atoms with Crippen molar-refractivity contribution in [2.45, 2.75) is 32.7 Å². The molecule has 0 spiro atoms. The first kappa shape index (κ1) is 16.2. The van der Waals surface area contributed by atoms with Crippen LogP contribution in [0.5, 0.6) is 0 Å². The van der Waals surface area contributed by atoms with E-state index in [4.69, 9.17) is 17.3 Å². The predicted octanol–water partition coefficient (Wildman–Crippen LogP) is 3.91. The molecule has 2 rings (SSSR count). The van der Waals surface area contributed by atoms with E-state index >= 15 is 0 Å². The van der Waals surface area contributed by atoms with Gasteiger partial charge in [-0.1, -0.05) is 44.4 Å². The van der Waals surface area contributed by atoms with Gasteiger partial charge in [-0.2, -0.15) is 0 Å². The Morgan fingerprint density at radius 2 is 2.00 bits per heavy atom. The van der Waals surface area contributed by atoms with Crippen LogP contribution in [0.1, 0.15) is 38.3 Å². The third-order valence-electron chi connectivity index (χ3n) is 4.17. The maximum absolute atomic E-state index is 6.26. The van der Waals surface area contributed by atoms with Gasteiger partial charge < -0.3 is 11.1 Å². The third kappa shape index (κ3) is 3.73. The molecule has 1 aromatic heterocycles. The highest BCUT2D eigenvalue weighted by Crippen LogP contribution is 2.28. The van der Waals surface area contributed by atoms with Gasteiger partial charge in [0.1, 0.15) is 0 Å². The summed E-state index contributed by atoms with van der Waals surface area (Å²) in [6, 6.07) is 7.99. The molecule has 114 valence electrons. The summed E-state index contributed by atoms with van der Waals surface area (Å²) in [6.07, 6.45) is 4.16. The van der Waals surface area contributed by atoms with Crippen molar-refractivity contribution in [1.82, 2.24) is 10.3 Å². The van der Waals surface area contributed by atoms with Crippen LogP contribution in [0, 0.1) is 5.92 Å². The topological polar surface area (TPSA) is 50.9 Å². The minimum atomic E-state index is 0.111. The zero-order valence-corrected chi connectivity index (χ0v) is 13.5. The summed E-state index contributed by atoms with van der Waals surface area (Å²) in [5, 5.41) is 5.31. The number of pyridine rings is 1. The fraction of sp³-hybridized carbons (Fsp3) is 0.471. The largest absolute Gasteiger partial charge is 0.329 e. The van der Waals surface area contributed by atoms with Gasteiger partial charge >= 0.3 is 0 Å². The monoisotopic (exact) mass is 305 g/mol. The third-order valence-corrected chi connectivity index (χ3v) is 4.50. The highest BCUT2D eigenvalue weighted by atomic mass is 35.5. The smallest absolute Gasteiger partial charge is 0.0765 e. The van der Waals surface area contributed by atoms with Crippen LogP contribution in [-0.2, 0) is 0 Å². The Balaban J connectivity index is 2.28. The average molecular weight is 306 g/mol. The van der Waals surface area contributed by atoms with Gasteiger partial charge in [-0.05, 0) is 36.2 Å². The molecule has 3 N–H and O–H groups in total. The Labute approximate surface area is 131 Å². The summed E-state index contributed by atoms with van der Waals surface area (Å²) in [7, 11) is 0. The van der Waals surface area contributed by atoms with Crippen LogP contribution in [-0.4, -0.2) is 18.1 Å². The van der Waals surface area contributed by atoms with E-state index in [-0.39, 0.29) is 6.04 Å². The second-order valence-corrected chi connectivity index (χ2v) is 5.82. The fourth-order valence-electron chi connectivity index (χ4n) is 2.65. The Kier molecular flexibility index (Phi) is 5.97. The normalized spacial score (nSPS) is 13.0. The van der Waals surface area contributed by atoms with Gasteiger partial charge in [-0.15, -0.1) is 0 Å². The lowest BCUT2D eigenvalue weighted by molar-refractivity contribution is 0.415. The summed E-state index contributed by atoms with van der Waals surface area (Å²) >= 11 is 6.26. The van der Waals surface area contributed by atoms with Gasteiger partial charge in [0, 0.05) is 29.2 Å². The van der Waals surface area contributed by atoms with Crippen molar-refractivity contribution >= 4 is 22.5 Å². The fourth-order valence-corrected chi connectivity index (χ4v) is 2.86. The molecule has 1 heterocycles. The summed E-state index contributed by atoms with van der Waals surface area (Å²) in [6.45, 7) is 5.98. The van der Waals surface area contributed by atoms with E-state index in [1.54, 1.807) is 6.20 Å². The van der Waals surface area contributed by atoms with Crippen molar-refractivity contribution in [3.63, 3.8) is 0 Å². The molecule has 21 heavy (non-hydrogen) atoms. The van der Waals surface area contributed by atoms with E-state index in [1.807, 2.05) is 24.3 Å². The molecule has 1 unspecified atom stereocenters. The molecule has 0 aliphatic rings. The number of nitrogens with one attached hydrogen (secondary N) is 1. The van der Waals surface area contributed by atoms with E-state index in [1.165, 1.54) is 12.8 Å². The predicted molar refractivity (Wildman–Crippen MR) is 90.6 cm³/mol. The second-order valence-electron chi connectivity index (χ2n) is 5.42. The maximum atomic E-state index is 6.26. The second kappa shape index (κ2) is 7.74.